The van der Waals surface area contributed by atoms with E-state index in [1.165, 1.54) is 0 Å². The molecule has 0 radical (unpaired) electrons. The number of amides is 1. The van der Waals surface area contributed by atoms with E-state index in [0.29, 0.717) is 11.6 Å². The third kappa shape index (κ3) is 2.45. The predicted molar refractivity (Wildman–Crippen MR) is 69.0 cm³/mol. The lowest BCUT2D eigenvalue weighted by Gasteiger charge is -2.19. The molecular weight excluding hydrogens is 236 g/mol. The number of benzene rings is 1. The normalized spacial score (nSPS) is 18.5. The van der Waals surface area contributed by atoms with Crippen LogP contribution in [-0.4, -0.2) is 18.5 Å². The maximum Gasteiger partial charge on any atom is 0.230 e. The number of nitrogens with one attached hydrogen (secondary N) is 1. The second-order valence-electron chi connectivity index (χ2n) is 4.70. The van der Waals surface area contributed by atoms with E-state index in [1.54, 1.807) is 0 Å². The monoisotopic (exact) mass is 252 g/mol. The first-order chi connectivity index (χ1) is 8.08. The molecule has 1 atom stereocenters. The number of carbonyl (C=O) groups excluding carboxylic acids is 1. The molecule has 0 unspecified atom stereocenters. The number of rotatable bonds is 4. The third-order valence-electron chi connectivity index (χ3n) is 3.29. The fourth-order valence-corrected chi connectivity index (χ4v) is 2.17. The van der Waals surface area contributed by atoms with E-state index in [2.05, 4.69) is 5.32 Å². The van der Waals surface area contributed by atoms with Crippen molar-refractivity contribution in [2.24, 2.45) is 5.73 Å². The minimum Gasteiger partial charge on any atom is -0.352 e. The van der Waals surface area contributed by atoms with Crippen LogP contribution >= 0.6 is 11.6 Å². The zero-order chi connectivity index (χ0) is 12.5. The zero-order valence-corrected chi connectivity index (χ0v) is 10.6. The Bertz CT molecular complexity index is 429. The lowest BCUT2D eigenvalue weighted by molar-refractivity contribution is -0.124. The SMILES string of the molecule is C[C@@H](CN)NC(=O)C1(c2cccc(Cl)c2)CC1. The highest BCUT2D eigenvalue weighted by atomic mass is 35.5. The average molecular weight is 253 g/mol. The summed E-state index contributed by atoms with van der Waals surface area (Å²) in [6.07, 6.45) is 1.77. The van der Waals surface area contributed by atoms with Crippen LogP contribution in [0.1, 0.15) is 25.3 Å². The first kappa shape index (κ1) is 12.4. The highest BCUT2D eigenvalue weighted by Gasteiger charge is 2.51. The van der Waals surface area contributed by atoms with Gasteiger partial charge in [-0.25, -0.2) is 0 Å². The number of halogens is 1. The van der Waals surface area contributed by atoms with Gasteiger partial charge in [0.1, 0.15) is 0 Å². The van der Waals surface area contributed by atoms with Crippen LogP contribution in [0.25, 0.3) is 0 Å². The minimum atomic E-state index is -0.367. The van der Waals surface area contributed by atoms with Crippen LogP contribution in [-0.2, 0) is 10.2 Å². The van der Waals surface area contributed by atoms with Crippen molar-refractivity contribution in [3.05, 3.63) is 34.9 Å². The fraction of sp³-hybridized carbons (Fsp3) is 0.462. The Labute approximate surface area is 106 Å². The van der Waals surface area contributed by atoms with Gasteiger partial charge >= 0.3 is 0 Å². The summed E-state index contributed by atoms with van der Waals surface area (Å²) in [6, 6.07) is 7.56. The lowest BCUT2D eigenvalue weighted by Crippen LogP contribution is -2.43. The molecule has 1 aliphatic rings. The Kier molecular flexibility index (Phi) is 3.40. The van der Waals surface area contributed by atoms with Crippen molar-refractivity contribution >= 4 is 17.5 Å². The predicted octanol–water partition coefficient (Wildman–Crippen LogP) is 1.84. The minimum absolute atomic E-state index is 0.0131. The molecule has 0 spiro atoms. The van der Waals surface area contributed by atoms with Crippen LogP contribution < -0.4 is 11.1 Å². The van der Waals surface area contributed by atoms with Crippen molar-refractivity contribution in [2.75, 3.05) is 6.54 Å². The van der Waals surface area contributed by atoms with Crippen LogP contribution in [0.4, 0.5) is 0 Å². The Hall–Kier alpha value is -1.06. The van der Waals surface area contributed by atoms with Crippen LogP contribution in [0, 0.1) is 0 Å². The molecule has 0 saturated heterocycles. The van der Waals surface area contributed by atoms with Gasteiger partial charge in [-0.05, 0) is 37.5 Å². The van der Waals surface area contributed by atoms with Gasteiger partial charge in [0.2, 0.25) is 5.91 Å². The quantitative estimate of drug-likeness (QED) is 0.859. The molecule has 1 aliphatic carbocycles. The van der Waals surface area contributed by atoms with Gasteiger partial charge in [0.05, 0.1) is 5.41 Å². The summed E-state index contributed by atoms with van der Waals surface area (Å²) in [5.74, 6) is 0.0673. The maximum atomic E-state index is 12.2. The molecule has 1 aromatic rings. The Morgan fingerprint density at radius 1 is 1.59 bits per heavy atom. The second kappa shape index (κ2) is 4.67. The van der Waals surface area contributed by atoms with Crippen LogP contribution in [0.5, 0.6) is 0 Å². The van der Waals surface area contributed by atoms with E-state index in [-0.39, 0.29) is 17.4 Å². The summed E-state index contributed by atoms with van der Waals surface area (Å²) in [5, 5.41) is 3.62. The van der Waals surface area contributed by atoms with Gasteiger partial charge in [0.15, 0.2) is 0 Å². The molecule has 3 N–H and O–H groups in total. The van der Waals surface area contributed by atoms with Gasteiger partial charge in [-0.2, -0.15) is 0 Å². The van der Waals surface area contributed by atoms with Crippen LogP contribution in [0.2, 0.25) is 5.02 Å². The van der Waals surface area contributed by atoms with E-state index >= 15 is 0 Å². The standard InChI is InChI=1S/C13H17ClN2O/c1-9(8-15)16-12(17)13(5-6-13)10-3-2-4-11(14)7-10/h2-4,7,9H,5-6,8,15H2,1H3,(H,16,17)/t9-/m0/s1. The second-order valence-corrected chi connectivity index (χ2v) is 5.14. The Balaban J connectivity index is 2.17. The van der Waals surface area contributed by atoms with Gasteiger partial charge in [-0.15, -0.1) is 0 Å². The molecule has 17 heavy (non-hydrogen) atoms. The van der Waals surface area contributed by atoms with E-state index in [4.69, 9.17) is 17.3 Å². The number of hydrogen-bond donors (Lipinski definition) is 2. The lowest BCUT2D eigenvalue weighted by atomic mass is 9.95. The Morgan fingerprint density at radius 2 is 2.29 bits per heavy atom. The highest BCUT2D eigenvalue weighted by molar-refractivity contribution is 6.30. The molecule has 0 heterocycles. The molecule has 92 valence electrons. The first-order valence-corrected chi connectivity index (χ1v) is 6.23. The molecule has 2 rings (SSSR count). The Morgan fingerprint density at radius 3 is 2.82 bits per heavy atom. The number of nitrogens with two attached hydrogens (primary N) is 1. The van der Waals surface area contributed by atoms with E-state index in [1.807, 2.05) is 31.2 Å². The summed E-state index contributed by atoms with van der Waals surface area (Å²) < 4.78 is 0. The molecule has 1 aromatic carbocycles. The largest absolute Gasteiger partial charge is 0.352 e. The molecule has 0 aliphatic heterocycles. The van der Waals surface area contributed by atoms with Crippen molar-refractivity contribution < 1.29 is 4.79 Å². The van der Waals surface area contributed by atoms with E-state index < -0.39 is 0 Å². The first-order valence-electron chi connectivity index (χ1n) is 5.85. The fourth-order valence-electron chi connectivity index (χ4n) is 1.98. The number of hydrogen-bond acceptors (Lipinski definition) is 2. The van der Waals surface area contributed by atoms with Crippen molar-refractivity contribution in [1.82, 2.24) is 5.32 Å². The maximum absolute atomic E-state index is 12.2. The highest BCUT2D eigenvalue weighted by Crippen LogP contribution is 2.48. The van der Waals surface area contributed by atoms with Crippen molar-refractivity contribution in [2.45, 2.75) is 31.2 Å². The molecule has 1 amide bonds. The molecule has 0 bridgehead atoms. The molecule has 0 aromatic heterocycles. The van der Waals surface area contributed by atoms with Crippen LogP contribution in [0.15, 0.2) is 24.3 Å². The molecule has 1 saturated carbocycles. The van der Waals surface area contributed by atoms with Crippen LogP contribution in [0.3, 0.4) is 0 Å². The summed E-state index contributed by atoms with van der Waals surface area (Å²) in [5.41, 5.74) is 6.15. The average Bonchev–Trinajstić information content (AvgIpc) is 3.10. The van der Waals surface area contributed by atoms with Crippen molar-refractivity contribution in [3.63, 3.8) is 0 Å². The van der Waals surface area contributed by atoms with E-state index in [0.717, 1.165) is 18.4 Å². The summed E-state index contributed by atoms with van der Waals surface area (Å²) in [4.78, 5) is 12.2. The topological polar surface area (TPSA) is 55.1 Å². The van der Waals surface area contributed by atoms with Gasteiger partial charge in [0.25, 0.3) is 0 Å². The third-order valence-corrected chi connectivity index (χ3v) is 3.53. The smallest absolute Gasteiger partial charge is 0.230 e. The summed E-state index contributed by atoms with van der Waals surface area (Å²) in [6.45, 7) is 2.36. The molecule has 4 heteroatoms. The molecule has 1 fully saturated rings. The van der Waals surface area contributed by atoms with E-state index in [9.17, 15) is 4.79 Å². The summed E-state index contributed by atoms with van der Waals surface area (Å²) >= 11 is 5.96. The van der Waals surface area contributed by atoms with Gasteiger partial charge in [-0.1, -0.05) is 23.7 Å². The zero-order valence-electron chi connectivity index (χ0n) is 9.87. The number of carbonyl (C=O) groups is 1. The van der Waals surface area contributed by atoms with Gasteiger partial charge in [-0.3, -0.25) is 4.79 Å². The molecular formula is C13H17ClN2O. The van der Waals surface area contributed by atoms with Crippen molar-refractivity contribution in [3.8, 4) is 0 Å². The van der Waals surface area contributed by atoms with Gasteiger partial charge in [0, 0.05) is 17.6 Å². The molecule has 3 nitrogen and oxygen atoms in total. The summed E-state index contributed by atoms with van der Waals surface area (Å²) in [7, 11) is 0. The van der Waals surface area contributed by atoms with Gasteiger partial charge < -0.3 is 11.1 Å². The van der Waals surface area contributed by atoms with Crippen molar-refractivity contribution in [1.29, 1.82) is 0 Å².